The molecule has 0 saturated carbocycles. The van der Waals surface area contributed by atoms with Crippen LogP contribution < -0.4 is 5.32 Å². The van der Waals surface area contributed by atoms with Crippen LogP contribution in [0.2, 0.25) is 0 Å². The average molecular weight is 339 g/mol. The molecular formula is C17H30N4OS. The van der Waals surface area contributed by atoms with Crippen LogP contribution in [0.25, 0.3) is 0 Å². The summed E-state index contributed by atoms with van der Waals surface area (Å²) in [6, 6.07) is 0. The van der Waals surface area contributed by atoms with Crippen LogP contribution in [0.1, 0.15) is 57.2 Å². The fourth-order valence-electron chi connectivity index (χ4n) is 2.71. The normalized spacial score (nSPS) is 17.1. The molecule has 0 spiro atoms. The summed E-state index contributed by atoms with van der Waals surface area (Å²) in [6.45, 7) is 12.9. The third-order valence-electron chi connectivity index (χ3n) is 3.93. The molecule has 0 aliphatic carbocycles. The van der Waals surface area contributed by atoms with Gasteiger partial charge in [-0.25, -0.2) is 9.98 Å². The predicted molar refractivity (Wildman–Crippen MR) is 97.2 cm³/mol. The fourth-order valence-corrected chi connectivity index (χ4v) is 3.54. The van der Waals surface area contributed by atoms with Crippen LogP contribution >= 0.6 is 11.3 Å². The van der Waals surface area contributed by atoms with Gasteiger partial charge in [0, 0.05) is 37.5 Å². The van der Waals surface area contributed by atoms with Crippen molar-refractivity contribution in [3.05, 3.63) is 16.1 Å². The smallest absolute Gasteiger partial charge is 0.194 e. The Hall–Kier alpha value is -1.14. The Morgan fingerprint density at radius 3 is 2.74 bits per heavy atom. The van der Waals surface area contributed by atoms with Crippen LogP contribution in [-0.4, -0.2) is 48.2 Å². The van der Waals surface area contributed by atoms with E-state index in [1.807, 2.05) is 0 Å². The highest BCUT2D eigenvalue weighted by Crippen LogP contribution is 2.20. The number of likely N-dealkylation sites (tertiary alicyclic amines) is 1. The number of rotatable bonds is 6. The Kier molecular flexibility index (Phi) is 7.30. The lowest BCUT2D eigenvalue weighted by Gasteiger charge is -2.34. The van der Waals surface area contributed by atoms with Gasteiger partial charge in [0.15, 0.2) is 5.96 Å². The second-order valence-corrected chi connectivity index (χ2v) is 7.03. The quantitative estimate of drug-likeness (QED) is 0.639. The van der Waals surface area contributed by atoms with Gasteiger partial charge in [-0.15, -0.1) is 11.3 Å². The molecule has 0 atom stereocenters. The first-order chi connectivity index (χ1) is 11.1. The summed E-state index contributed by atoms with van der Waals surface area (Å²) in [5.41, 5.74) is 1.07. The molecule has 6 heteroatoms. The maximum Gasteiger partial charge on any atom is 0.194 e. The van der Waals surface area contributed by atoms with E-state index in [1.165, 1.54) is 5.01 Å². The number of hydrogen-bond acceptors (Lipinski definition) is 4. The summed E-state index contributed by atoms with van der Waals surface area (Å²) in [4.78, 5) is 11.8. The topological polar surface area (TPSA) is 49.8 Å². The maximum absolute atomic E-state index is 5.73. The number of nitrogens with zero attached hydrogens (tertiary/aromatic N) is 3. The summed E-state index contributed by atoms with van der Waals surface area (Å²) >= 11 is 1.73. The van der Waals surface area contributed by atoms with Crippen LogP contribution in [0.15, 0.2) is 10.4 Å². The minimum absolute atomic E-state index is 0.409. The number of nitrogens with one attached hydrogen (secondary N) is 1. The molecule has 1 aliphatic rings. The Bertz CT molecular complexity index is 493. The molecule has 0 aromatic carbocycles. The minimum atomic E-state index is 0.409. The Balaban J connectivity index is 1.94. The number of aromatic nitrogens is 1. The van der Waals surface area contributed by atoms with Crippen molar-refractivity contribution < 1.29 is 4.74 Å². The van der Waals surface area contributed by atoms with E-state index in [0.29, 0.717) is 18.6 Å². The van der Waals surface area contributed by atoms with Gasteiger partial charge in [-0.1, -0.05) is 13.8 Å². The lowest BCUT2D eigenvalue weighted by Crippen LogP contribution is -2.47. The Morgan fingerprint density at radius 1 is 1.43 bits per heavy atom. The molecule has 5 nitrogen and oxygen atoms in total. The first-order valence-electron chi connectivity index (χ1n) is 8.73. The molecule has 1 N–H and O–H groups in total. The van der Waals surface area contributed by atoms with E-state index in [9.17, 15) is 0 Å². The highest BCUT2D eigenvalue weighted by atomic mass is 32.1. The van der Waals surface area contributed by atoms with Gasteiger partial charge in [0.2, 0.25) is 0 Å². The number of aliphatic imine (C=N–C) groups is 1. The van der Waals surface area contributed by atoms with Crippen LogP contribution in [0.4, 0.5) is 0 Å². The van der Waals surface area contributed by atoms with Gasteiger partial charge in [-0.05, 0) is 26.7 Å². The van der Waals surface area contributed by atoms with Crippen LogP contribution in [0.5, 0.6) is 0 Å². The summed E-state index contributed by atoms with van der Waals surface area (Å²) in [5.74, 6) is 1.49. The van der Waals surface area contributed by atoms with Crippen LogP contribution in [0, 0.1) is 0 Å². The van der Waals surface area contributed by atoms with E-state index >= 15 is 0 Å². The zero-order valence-corrected chi connectivity index (χ0v) is 15.7. The Morgan fingerprint density at radius 2 is 2.17 bits per heavy atom. The largest absolute Gasteiger partial charge is 0.378 e. The molecule has 0 bridgehead atoms. The van der Waals surface area contributed by atoms with Gasteiger partial charge >= 0.3 is 0 Å². The molecular weight excluding hydrogens is 308 g/mol. The number of thiazole rings is 1. The number of ether oxygens (including phenoxy) is 1. The van der Waals surface area contributed by atoms with Crippen molar-refractivity contribution in [2.75, 3.05) is 26.2 Å². The van der Waals surface area contributed by atoms with Gasteiger partial charge in [-0.3, -0.25) is 0 Å². The zero-order valence-electron chi connectivity index (χ0n) is 14.8. The van der Waals surface area contributed by atoms with Crippen molar-refractivity contribution in [3.8, 4) is 0 Å². The molecule has 1 aromatic rings. The summed E-state index contributed by atoms with van der Waals surface area (Å²) < 4.78 is 5.73. The first kappa shape index (κ1) is 18.2. The first-order valence-corrected chi connectivity index (χ1v) is 9.61. The van der Waals surface area contributed by atoms with Crippen molar-refractivity contribution in [1.29, 1.82) is 0 Å². The third kappa shape index (κ3) is 5.46. The monoisotopic (exact) mass is 338 g/mol. The van der Waals surface area contributed by atoms with Gasteiger partial charge in [-0.2, -0.15) is 0 Å². The average Bonchev–Trinajstić information content (AvgIpc) is 3.02. The van der Waals surface area contributed by atoms with E-state index in [0.717, 1.165) is 50.7 Å². The Labute approximate surface area is 144 Å². The molecule has 2 rings (SSSR count). The summed E-state index contributed by atoms with van der Waals surface area (Å²) in [5, 5.41) is 6.73. The second-order valence-electron chi connectivity index (χ2n) is 6.14. The van der Waals surface area contributed by atoms with E-state index in [1.54, 1.807) is 11.3 Å². The molecule has 0 radical (unpaired) electrons. The summed E-state index contributed by atoms with van der Waals surface area (Å²) in [7, 11) is 0. The fraction of sp³-hybridized carbons (Fsp3) is 0.765. The van der Waals surface area contributed by atoms with Gasteiger partial charge < -0.3 is 15.0 Å². The molecule has 2 heterocycles. The highest BCUT2D eigenvalue weighted by molar-refractivity contribution is 7.09. The van der Waals surface area contributed by atoms with Gasteiger partial charge in [0.05, 0.1) is 23.4 Å². The maximum atomic E-state index is 5.73. The van der Waals surface area contributed by atoms with Crippen molar-refractivity contribution >= 4 is 17.3 Å². The van der Waals surface area contributed by atoms with Crippen molar-refractivity contribution in [1.82, 2.24) is 15.2 Å². The molecule has 1 aromatic heterocycles. The van der Waals surface area contributed by atoms with Crippen molar-refractivity contribution in [2.24, 2.45) is 4.99 Å². The lowest BCUT2D eigenvalue weighted by molar-refractivity contribution is 0.0263. The van der Waals surface area contributed by atoms with Crippen LogP contribution in [0.3, 0.4) is 0 Å². The number of hydrogen-bond donors (Lipinski definition) is 1. The van der Waals surface area contributed by atoms with Gasteiger partial charge in [0.1, 0.15) is 0 Å². The predicted octanol–water partition coefficient (Wildman–Crippen LogP) is 3.23. The van der Waals surface area contributed by atoms with Crippen molar-refractivity contribution in [2.45, 2.75) is 59.1 Å². The molecule has 130 valence electrons. The highest BCUT2D eigenvalue weighted by Gasteiger charge is 2.21. The minimum Gasteiger partial charge on any atom is -0.378 e. The molecule has 1 saturated heterocycles. The number of piperidine rings is 1. The van der Waals surface area contributed by atoms with Crippen LogP contribution in [-0.2, 0) is 11.3 Å². The SMILES string of the molecule is CCNC(=NCc1csc(C(C)C)n1)N1CCC(OCC)CC1. The molecule has 1 aliphatic heterocycles. The summed E-state index contributed by atoms with van der Waals surface area (Å²) in [6.07, 6.45) is 2.56. The van der Waals surface area contributed by atoms with E-state index in [2.05, 4.69) is 48.3 Å². The zero-order chi connectivity index (χ0) is 16.7. The standard InChI is InChI=1S/C17H30N4OS/c1-5-18-17(21-9-7-15(8-10-21)22-6-2)19-11-14-12-23-16(20-14)13(3)4/h12-13,15H,5-11H2,1-4H3,(H,18,19). The van der Waals surface area contributed by atoms with E-state index < -0.39 is 0 Å². The molecule has 0 amide bonds. The molecule has 23 heavy (non-hydrogen) atoms. The van der Waals surface area contributed by atoms with Gasteiger partial charge in [0.25, 0.3) is 0 Å². The van der Waals surface area contributed by atoms with E-state index in [4.69, 9.17) is 9.73 Å². The second kappa shape index (κ2) is 9.23. The molecule has 0 unspecified atom stereocenters. The molecule has 1 fully saturated rings. The third-order valence-corrected chi connectivity index (χ3v) is 5.13. The van der Waals surface area contributed by atoms with E-state index in [-0.39, 0.29) is 0 Å². The lowest BCUT2D eigenvalue weighted by atomic mass is 10.1. The van der Waals surface area contributed by atoms with Crippen molar-refractivity contribution in [3.63, 3.8) is 0 Å². The number of guanidine groups is 1.